The van der Waals surface area contributed by atoms with Gasteiger partial charge in [-0.05, 0) is 99.2 Å². The highest BCUT2D eigenvalue weighted by Crippen LogP contribution is 2.54. The number of quaternary nitrogens is 1. The lowest BCUT2D eigenvalue weighted by molar-refractivity contribution is -0.588. The summed E-state index contributed by atoms with van der Waals surface area (Å²) in [6.07, 6.45) is 5.72. The summed E-state index contributed by atoms with van der Waals surface area (Å²) in [6, 6.07) is 24.3. The van der Waals surface area contributed by atoms with Crippen molar-refractivity contribution in [1.29, 1.82) is 0 Å². The van der Waals surface area contributed by atoms with E-state index in [-0.39, 0.29) is 39.7 Å². The van der Waals surface area contributed by atoms with Crippen molar-refractivity contribution in [1.82, 2.24) is 0 Å². The van der Waals surface area contributed by atoms with Crippen molar-refractivity contribution in [3.63, 3.8) is 0 Å². The van der Waals surface area contributed by atoms with Gasteiger partial charge >= 0.3 is 26.5 Å². The van der Waals surface area contributed by atoms with Crippen LogP contribution in [0, 0.1) is 27.7 Å². The number of hydrogen-bond donors (Lipinski definition) is 2. The average Bonchev–Trinajstić information content (AvgIpc) is 3.27. The van der Waals surface area contributed by atoms with Crippen LogP contribution in [0.3, 0.4) is 0 Å². The fraction of sp³-hybridized carbons (Fsp3) is 0.250. The van der Waals surface area contributed by atoms with Gasteiger partial charge in [0.15, 0.2) is 10.0 Å². The molecule has 0 fully saturated rings. The molecule has 1 heterocycles. The number of sulfonamides is 2. The maximum absolute atomic E-state index is 15.6. The van der Waals surface area contributed by atoms with Gasteiger partial charge in [-0.2, -0.15) is 34.8 Å². The van der Waals surface area contributed by atoms with Crippen molar-refractivity contribution in [2.75, 3.05) is 5.32 Å². The van der Waals surface area contributed by atoms with E-state index >= 15 is 26.3 Å². The Hall–Kier alpha value is -5.93. The Bertz CT molecular complexity index is 3210. The Balaban J connectivity index is 1.27. The third kappa shape index (κ3) is 9.06. The minimum Gasteiger partial charge on any atom is -0.456 e. The van der Waals surface area contributed by atoms with Gasteiger partial charge in [0.05, 0.1) is 4.90 Å². The van der Waals surface area contributed by atoms with Crippen LogP contribution >= 0.6 is 0 Å². The first-order chi connectivity index (χ1) is 31.7. The molecule has 20 heteroatoms. The van der Waals surface area contributed by atoms with Crippen LogP contribution in [0.4, 0.5) is 43.4 Å². The number of para-hydroxylation sites is 2. The molecule has 0 amide bonds. The van der Waals surface area contributed by atoms with Crippen molar-refractivity contribution < 1.29 is 65.8 Å². The van der Waals surface area contributed by atoms with Crippen LogP contribution in [-0.4, -0.2) is 47.7 Å². The summed E-state index contributed by atoms with van der Waals surface area (Å²) >= 11 is 0. The number of hydrogen-bond acceptors (Lipinski definition) is 9. The molecule has 0 aromatic heterocycles. The molecule has 68 heavy (non-hydrogen) atoms. The lowest BCUT2D eigenvalue weighted by atomic mass is 9.87. The first-order valence-electron chi connectivity index (χ1n) is 20.9. The van der Waals surface area contributed by atoms with Gasteiger partial charge in [0, 0.05) is 56.9 Å². The summed E-state index contributed by atoms with van der Waals surface area (Å²) in [4.78, 5) is -1.11. The molecule has 0 spiro atoms. The molecule has 0 bridgehead atoms. The van der Waals surface area contributed by atoms with Crippen molar-refractivity contribution in [2.45, 2.75) is 81.3 Å². The van der Waals surface area contributed by atoms with E-state index in [1.165, 1.54) is 24.3 Å². The van der Waals surface area contributed by atoms with Gasteiger partial charge in [-0.25, -0.2) is 16.8 Å². The molecule has 7 rings (SSSR count). The van der Waals surface area contributed by atoms with E-state index in [2.05, 4.69) is 13.6 Å². The highest BCUT2D eigenvalue weighted by Gasteiger charge is 2.81. The van der Waals surface area contributed by atoms with Crippen molar-refractivity contribution in [3.8, 4) is 11.5 Å². The van der Waals surface area contributed by atoms with Crippen molar-refractivity contribution in [3.05, 3.63) is 176 Å². The highest BCUT2D eigenvalue weighted by atomic mass is 32.3. The molecule has 11 nitrogen and oxygen atoms in total. The topological polar surface area (TPSA) is 164 Å². The smallest absolute Gasteiger partial charge is 0.450 e. The van der Waals surface area contributed by atoms with E-state index in [0.29, 0.717) is 17.7 Å². The number of ether oxygens (including phenoxy) is 1. The second-order valence-electron chi connectivity index (χ2n) is 16.5. The number of anilines is 2. The summed E-state index contributed by atoms with van der Waals surface area (Å²) in [7, 11) is -20.8. The monoisotopic (exact) mass is 1000 g/mol. The summed E-state index contributed by atoms with van der Waals surface area (Å²) in [5.74, 6) is -8.10. The Morgan fingerprint density at radius 3 is 1.97 bits per heavy atom. The minimum absolute atomic E-state index is 0.0497. The Kier molecular flexibility index (Phi) is 13.4. The van der Waals surface area contributed by atoms with Crippen LogP contribution in [0.2, 0.25) is 0 Å². The summed E-state index contributed by atoms with van der Waals surface area (Å²) in [5.41, 5.74) is 6.76. The molecule has 0 saturated heterocycles. The number of allylic oxidation sites excluding steroid dienone is 1. The molecule has 5 aromatic carbocycles. The number of nitrogens with two attached hydrogens (primary N) is 1. The first-order valence-corrected chi connectivity index (χ1v) is 25.2. The quantitative estimate of drug-likeness (QED) is 0.0556. The molecule has 1 aliphatic heterocycles. The second kappa shape index (κ2) is 18.2. The maximum atomic E-state index is 15.6. The number of nitrogens with zero attached hydrogens (tertiary/aromatic N) is 1. The van der Waals surface area contributed by atoms with Gasteiger partial charge in [0.1, 0.15) is 39.0 Å². The average molecular weight is 1000 g/mol. The normalized spacial score (nSPS) is 16.1. The molecule has 2 aliphatic rings. The van der Waals surface area contributed by atoms with Gasteiger partial charge in [-0.3, -0.25) is 0 Å². The second-order valence-corrected chi connectivity index (χ2v) is 21.5. The predicted octanol–water partition coefficient (Wildman–Crippen LogP) is 10.7. The molecular weight excluding hydrogens is 957 g/mol. The van der Waals surface area contributed by atoms with E-state index in [9.17, 15) is 25.3 Å². The van der Waals surface area contributed by atoms with Crippen LogP contribution in [0.1, 0.15) is 65.1 Å². The van der Waals surface area contributed by atoms with Crippen LogP contribution in [0.25, 0.3) is 9.70 Å². The van der Waals surface area contributed by atoms with E-state index in [1.807, 2.05) is 69.4 Å². The predicted molar refractivity (Wildman–Crippen MR) is 246 cm³/mol. The van der Waals surface area contributed by atoms with Crippen molar-refractivity contribution >= 4 is 52.8 Å². The fourth-order valence-corrected chi connectivity index (χ4v) is 11.6. The van der Waals surface area contributed by atoms with E-state index in [0.717, 1.165) is 57.9 Å². The number of rotatable bonds is 16. The van der Waals surface area contributed by atoms with Gasteiger partial charge in [0.25, 0.3) is 0 Å². The molecule has 3 N–H and O–H groups in total. The zero-order valence-corrected chi connectivity index (χ0v) is 39.6. The molecular formula is C48H45F6N3O8S3. The summed E-state index contributed by atoms with van der Waals surface area (Å²) in [6.45, 7) is 11.3. The fourth-order valence-electron chi connectivity index (χ4n) is 7.76. The zero-order chi connectivity index (χ0) is 49.8. The van der Waals surface area contributed by atoms with Crippen molar-refractivity contribution in [2.24, 2.45) is 0 Å². The van der Waals surface area contributed by atoms with Gasteiger partial charge in [0.2, 0.25) is 0 Å². The third-order valence-electron chi connectivity index (χ3n) is 11.8. The van der Waals surface area contributed by atoms with Crippen LogP contribution in [0.15, 0.2) is 138 Å². The number of fused-ring (bicyclic) bond motifs is 2. The lowest BCUT2D eigenvalue weighted by Crippen LogP contribution is -2.84. The van der Waals surface area contributed by atoms with Gasteiger partial charge in [-0.1, -0.05) is 80.6 Å². The molecule has 0 radical (unpaired) electrons. The number of aryl methyl sites for hydroxylation is 4. The van der Waals surface area contributed by atoms with Crippen LogP contribution in [0.5, 0.6) is 11.5 Å². The summed E-state index contributed by atoms with van der Waals surface area (Å²) in [5, 5.41) is -8.81. The van der Waals surface area contributed by atoms with Gasteiger partial charge < -0.3 is 23.7 Å². The van der Waals surface area contributed by atoms with Crippen LogP contribution < -0.4 is 19.6 Å². The minimum atomic E-state index is -7.60. The molecule has 2 atom stereocenters. The van der Waals surface area contributed by atoms with E-state index < -0.39 is 63.3 Å². The number of benzene rings is 5. The zero-order valence-electron chi connectivity index (χ0n) is 37.2. The largest absolute Gasteiger partial charge is 0.456 e. The van der Waals surface area contributed by atoms with Gasteiger partial charge in [-0.15, -0.1) is 0 Å². The van der Waals surface area contributed by atoms with E-state index in [1.54, 1.807) is 50.3 Å². The molecule has 2 unspecified atom stereocenters. The van der Waals surface area contributed by atoms with E-state index in [4.69, 9.17) is 4.74 Å². The number of nitrogens with one attached hydrogen (secondary N) is 1. The number of alkyl halides is 6. The number of halogens is 6. The lowest BCUT2D eigenvalue weighted by Gasteiger charge is -2.35. The molecule has 1 aliphatic carbocycles. The van der Waals surface area contributed by atoms with Crippen LogP contribution in [-0.2, 0) is 30.2 Å². The Morgan fingerprint density at radius 2 is 1.35 bits per heavy atom. The standard InChI is InChI=1S/C48H44F6N3O8S3/c1-7-28(2)33-18-22-36(23-19-33)65-68(62,63)48(53,54)46(49,50)47(51,52)67(60,61)57-66(58,59)42-17-9-8-16-39(42)43-37-24-20-34(55-44-29(3)12-10-13-30(44)4)26-40(37)64-41-27-35(21-25-38(41)43)56-45-31(5)14-11-15-32(45)6/h8-28,34,55-56H,7H2,1-6H3/q-1/p+1. The molecule has 360 valence electrons. The first kappa shape index (κ1) is 50.0. The Morgan fingerprint density at radius 1 is 0.750 bits per heavy atom. The SMILES string of the molecule is CCC(C)c1ccc(OS(=O)(=O)C(F)(F)C(F)(F)C(F)(F)S(=O)(=O)[N-]S(=O)(=O)c2ccccc2C2=C3C=CC([NH2+]c4c(C)cccc4C)C=C3Oc3cc(Nc4c(C)cccc4C)ccc32)cc1. The summed E-state index contributed by atoms with van der Waals surface area (Å²) < 4.78 is 185. The maximum Gasteiger partial charge on any atom is 0.450 e. The third-order valence-corrected chi connectivity index (χ3v) is 16.4. The highest BCUT2D eigenvalue weighted by molar-refractivity contribution is 8.12. The Labute approximate surface area is 390 Å². The molecule has 0 saturated carbocycles. The molecule has 5 aromatic rings.